The monoisotopic (exact) mass is 472 g/mol. The number of hydrogen-bond acceptors (Lipinski definition) is 6. The number of carbonyl (C=O) groups excluding carboxylic acids is 1. The molecular formula is C24H21FN8O2. The van der Waals surface area contributed by atoms with Crippen LogP contribution >= 0.6 is 0 Å². The number of benzene rings is 1. The Morgan fingerprint density at radius 3 is 2.77 bits per heavy atom. The normalized spacial score (nSPS) is 13.6. The lowest BCUT2D eigenvalue weighted by Gasteiger charge is -2.17. The molecule has 1 aromatic carbocycles. The van der Waals surface area contributed by atoms with E-state index in [2.05, 4.69) is 30.4 Å². The number of carbonyl (C=O) groups is 1. The van der Waals surface area contributed by atoms with Crippen molar-refractivity contribution in [3.05, 3.63) is 87.1 Å². The number of pyridine rings is 1. The van der Waals surface area contributed by atoms with E-state index in [0.29, 0.717) is 41.9 Å². The first-order valence-corrected chi connectivity index (χ1v) is 11.1. The molecule has 1 amide bonds. The van der Waals surface area contributed by atoms with Gasteiger partial charge in [0.25, 0.3) is 11.5 Å². The maximum Gasteiger partial charge on any atom is 0.274 e. The van der Waals surface area contributed by atoms with Gasteiger partial charge >= 0.3 is 0 Å². The van der Waals surface area contributed by atoms with Gasteiger partial charge in [-0.15, -0.1) is 0 Å². The first kappa shape index (κ1) is 21.2. The summed E-state index contributed by atoms with van der Waals surface area (Å²) in [6, 6.07) is 6.97. The standard InChI is InChI=1S/C24H21FN8O2/c1-13-7-28-33-18-6-3-14(20(25)21(18)30-24(35)22(13)33)10-31-11-15-8-29-32(19(15)12-31)16-4-5-17(27-9-16)23(34)26-2/h3-9H,10-12H2,1-2H3,(H,26,34)(H,30,35). The van der Waals surface area contributed by atoms with Crippen LogP contribution in [0.4, 0.5) is 4.39 Å². The van der Waals surface area contributed by atoms with Gasteiger partial charge in [-0.3, -0.25) is 14.5 Å². The minimum atomic E-state index is -0.457. The van der Waals surface area contributed by atoms with Crippen LogP contribution in [-0.2, 0) is 19.6 Å². The summed E-state index contributed by atoms with van der Waals surface area (Å²) in [5, 5.41) is 11.3. The Kier molecular flexibility index (Phi) is 4.74. The van der Waals surface area contributed by atoms with E-state index in [1.54, 1.807) is 61.5 Å². The summed E-state index contributed by atoms with van der Waals surface area (Å²) in [5.74, 6) is -0.711. The summed E-state index contributed by atoms with van der Waals surface area (Å²) in [5.41, 5.74) is 5.04. The van der Waals surface area contributed by atoms with E-state index in [1.807, 2.05) is 0 Å². The molecule has 0 atom stereocenters. The van der Waals surface area contributed by atoms with Crippen LogP contribution in [0.15, 0.2) is 47.7 Å². The fraction of sp³-hybridized carbons (Fsp3) is 0.208. The smallest absolute Gasteiger partial charge is 0.274 e. The van der Waals surface area contributed by atoms with Crippen molar-refractivity contribution in [1.82, 2.24) is 39.6 Å². The lowest BCUT2D eigenvalue weighted by molar-refractivity contribution is 0.0958. The van der Waals surface area contributed by atoms with Gasteiger partial charge in [-0.1, -0.05) is 6.07 Å². The number of aromatic nitrogens is 6. The highest BCUT2D eigenvalue weighted by Gasteiger charge is 2.26. The molecule has 0 spiro atoms. The van der Waals surface area contributed by atoms with Crippen molar-refractivity contribution in [2.24, 2.45) is 0 Å². The van der Waals surface area contributed by atoms with Crippen LogP contribution in [0.3, 0.4) is 0 Å². The van der Waals surface area contributed by atoms with E-state index in [9.17, 15) is 9.59 Å². The minimum absolute atomic E-state index is 0.147. The fourth-order valence-corrected chi connectivity index (χ4v) is 4.65. The van der Waals surface area contributed by atoms with Crippen LogP contribution < -0.4 is 10.9 Å². The molecule has 11 heteroatoms. The van der Waals surface area contributed by atoms with Crippen molar-refractivity contribution < 1.29 is 9.18 Å². The Bertz CT molecular complexity index is 1680. The number of nitrogens with zero attached hydrogens (tertiary/aromatic N) is 6. The average Bonchev–Trinajstić information content (AvgIpc) is 3.55. The topological polar surface area (TPSA) is 113 Å². The highest BCUT2D eigenvalue weighted by Crippen LogP contribution is 2.28. The van der Waals surface area contributed by atoms with Crippen LogP contribution in [0, 0.1) is 12.7 Å². The summed E-state index contributed by atoms with van der Waals surface area (Å²) in [6.45, 7) is 3.34. The van der Waals surface area contributed by atoms with Crippen LogP contribution in [0.1, 0.15) is 32.9 Å². The molecule has 0 aliphatic carbocycles. The molecule has 4 aromatic heterocycles. The second-order valence-corrected chi connectivity index (χ2v) is 8.63. The van der Waals surface area contributed by atoms with E-state index < -0.39 is 5.82 Å². The van der Waals surface area contributed by atoms with Crippen molar-refractivity contribution in [2.75, 3.05) is 7.05 Å². The summed E-state index contributed by atoms with van der Waals surface area (Å²) >= 11 is 0. The van der Waals surface area contributed by atoms with Gasteiger partial charge in [0.2, 0.25) is 0 Å². The Hall–Kier alpha value is -4.38. The van der Waals surface area contributed by atoms with Gasteiger partial charge in [-0.2, -0.15) is 10.2 Å². The van der Waals surface area contributed by atoms with Crippen molar-refractivity contribution in [2.45, 2.75) is 26.6 Å². The summed E-state index contributed by atoms with van der Waals surface area (Å²) in [6.07, 6.45) is 5.01. The number of fused-ring (bicyclic) bond motifs is 4. The maximum absolute atomic E-state index is 15.5. The van der Waals surface area contributed by atoms with Gasteiger partial charge in [0.15, 0.2) is 5.82 Å². The number of aryl methyl sites for hydroxylation is 1. The molecule has 6 rings (SSSR count). The van der Waals surface area contributed by atoms with Gasteiger partial charge in [0, 0.05) is 43.4 Å². The van der Waals surface area contributed by atoms with E-state index in [1.165, 1.54) is 4.52 Å². The van der Waals surface area contributed by atoms with Crippen molar-refractivity contribution in [1.29, 1.82) is 0 Å². The summed E-state index contributed by atoms with van der Waals surface area (Å²) in [4.78, 5) is 33.3. The lowest BCUT2D eigenvalue weighted by Crippen LogP contribution is -2.20. The molecule has 1 aliphatic rings. The Morgan fingerprint density at radius 1 is 1.14 bits per heavy atom. The van der Waals surface area contributed by atoms with Crippen molar-refractivity contribution >= 4 is 22.5 Å². The fourth-order valence-electron chi connectivity index (χ4n) is 4.65. The van der Waals surface area contributed by atoms with Crippen LogP contribution in [0.5, 0.6) is 0 Å². The largest absolute Gasteiger partial charge is 0.354 e. The molecule has 5 aromatic rings. The first-order chi connectivity index (χ1) is 16.9. The molecule has 0 fully saturated rings. The summed E-state index contributed by atoms with van der Waals surface area (Å²) < 4.78 is 18.8. The predicted molar refractivity (Wildman–Crippen MR) is 126 cm³/mol. The van der Waals surface area contributed by atoms with E-state index >= 15 is 4.39 Å². The van der Waals surface area contributed by atoms with E-state index in [0.717, 1.165) is 22.5 Å². The van der Waals surface area contributed by atoms with Crippen LogP contribution in [0.25, 0.3) is 22.2 Å². The third-order valence-electron chi connectivity index (χ3n) is 6.40. The molecule has 0 bridgehead atoms. The molecule has 5 heterocycles. The zero-order chi connectivity index (χ0) is 24.3. The zero-order valence-corrected chi connectivity index (χ0v) is 19.0. The Balaban J connectivity index is 1.28. The number of halogens is 1. The third kappa shape index (κ3) is 3.31. The summed E-state index contributed by atoms with van der Waals surface area (Å²) in [7, 11) is 1.56. The zero-order valence-electron chi connectivity index (χ0n) is 19.0. The van der Waals surface area contributed by atoms with Gasteiger partial charge in [0.05, 0.1) is 35.5 Å². The van der Waals surface area contributed by atoms with E-state index in [4.69, 9.17) is 0 Å². The Morgan fingerprint density at radius 2 is 2.00 bits per heavy atom. The van der Waals surface area contributed by atoms with E-state index in [-0.39, 0.29) is 17.0 Å². The van der Waals surface area contributed by atoms with Crippen LogP contribution in [-0.4, -0.2) is 47.2 Å². The lowest BCUT2D eigenvalue weighted by atomic mass is 10.1. The number of aromatic amines is 1. The number of amides is 1. The van der Waals surface area contributed by atoms with Crippen LogP contribution in [0.2, 0.25) is 0 Å². The third-order valence-corrected chi connectivity index (χ3v) is 6.40. The first-order valence-electron chi connectivity index (χ1n) is 11.1. The second kappa shape index (κ2) is 7.84. The molecule has 35 heavy (non-hydrogen) atoms. The molecule has 1 aliphatic heterocycles. The van der Waals surface area contributed by atoms with Crippen molar-refractivity contribution in [3.63, 3.8) is 0 Å². The van der Waals surface area contributed by atoms with Crippen molar-refractivity contribution in [3.8, 4) is 5.69 Å². The number of rotatable bonds is 4. The molecule has 2 N–H and O–H groups in total. The SMILES string of the molecule is CNC(=O)c1ccc(-n2ncc3c2CN(Cc2ccc4c([nH]c(=O)c5c(C)cnn54)c2F)C3)cn1. The number of nitrogens with one attached hydrogen (secondary N) is 2. The molecule has 0 saturated carbocycles. The second-order valence-electron chi connectivity index (χ2n) is 8.63. The van der Waals surface area contributed by atoms with Gasteiger partial charge in [-0.05, 0) is 25.1 Å². The molecular weight excluding hydrogens is 451 g/mol. The van der Waals surface area contributed by atoms with Gasteiger partial charge in [0.1, 0.15) is 16.7 Å². The average molecular weight is 472 g/mol. The molecule has 0 radical (unpaired) electrons. The maximum atomic E-state index is 15.5. The molecule has 176 valence electrons. The molecule has 0 unspecified atom stereocenters. The quantitative estimate of drug-likeness (QED) is 0.414. The molecule has 10 nitrogen and oxygen atoms in total. The highest BCUT2D eigenvalue weighted by atomic mass is 19.1. The Labute approximate surface area is 198 Å². The highest BCUT2D eigenvalue weighted by molar-refractivity contribution is 5.92. The van der Waals surface area contributed by atoms with Gasteiger partial charge in [-0.25, -0.2) is 18.6 Å². The number of H-pyrrole nitrogens is 1. The predicted octanol–water partition coefficient (Wildman–Crippen LogP) is 2.08. The number of hydrogen-bond donors (Lipinski definition) is 2. The van der Waals surface area contributed by atoms with Gasteiger partial charge < -0.3 is 10.3 Å². The minimum Gasteiger partial charge on any atom is -0.354 e. The molecule has 0 saturated heterocycles.